The van der Waals surface area contributed by atoms with Gasteiger partial charge in [-0.25, -0.2) is 14.5 Å². The summed E-state index contributed by atoms with van der Waals surface area (Å²) in [4.78, 5) is 15.9. The number of aromatic nitrogens is 4. The highest BCUT2D eigenvalue weighted by Crippen LogP contribution is 2.35. The molecule has 0 unspecified atom stereocenters. The normalized spacial score (nSPS) is 19.3. The summed E-state index contributed by atoms with van der Waals surface area (Å²) in [5.74, 6) is 1.31. The third kappa shape index (κ3) is 6.27. The van der Waals surface area contributed by atoms with E-state index in [2.05, 4.69) is 22.2 Å². The molecule has 14 heteroatoms. The van der Waals surface area contributed by atoms with Crippen LogP contribution >= 0.6 is 24.0 Å². The predicted octanol–water partition coefficient (Wildman–Crippen LogP) is 3.09. The summed E-state index contributed by atoms with van der Waals surface area (Å²) in [7, 11) is 3.00. The second-order valence-corrected chi connectivity index (χ2v) is 9.34. The molecule has 0 aliphatic carbocycles. The van der Waals surface area contributed by atoms with Crippen LogP contribution in [-0.4, -0.2) is 76.4 Å². The molecule has 1 aliphatic rings. The summed E-state index contributed by atoms with van der Waals surface area (Å²) in [6.07, 6.45) is -2.23. The zero-order valence-electron chi connectivity index (χ0n) is 20.4. The Morgan fingerprint density at radius 2 is 2.03 bits per heavy atom. The number of benzene rings is 1. The maximum absolute atomic E-state index is 11.5. The average molecular weight is 550 g/mol. The smallest absolute Gasteiger partial charge is 0.411 e. The zero-order chi connectivity index (χ0) is 26.4. The van der Waals surface area contributed by atoms with Crippen molar-refractivity contribution in [3.63, 3.8) is 0 Å². The number of thiocarbonyl (C=S) groups is 1. The Bertz CT molecular complexity index is 1220. The van der Waals surface area contributed by atoms with Gasteiger partial charge in [-0.3, -0.25) is 0 Å². The molecule has 2 N–H and O–H groups in total. The molecule has 1 amide bonds. The van der Waals surface area contributed by atoms with Crippen molar-refractivity contribution in [2.24, 2.45) is 5.73 Å². The van der Waals surface area contributed by atoms with Crippen molar-refractivity contribution in [3.8, 4) is 11.6 Å². The minimum Gasteiger partial charge on any atom is -0.448 e. The van der Waals surface area contributed by atoms with Crippen LogP contribution in [0.1, 0.15) is 19.4 Å². The van der Waals surface area contributed by atoms with Gasteiger partial charge in [0.2, 0.25) is 0 Å². The standard InChI is InChI=1S/C23H27N5O7S2/c1-4-10-37-16-11-14-17(20(25-16)35-22(24)29)26-27-28(14)15-12-32-19(21(30-2)31-3)18(15)34-23(36)33-13-8-6-5-7-9-13/h5-9,11,15,18-19,21H,4,10,12H2,1-3H3,(H2,24,29)/t15-,18+,19+/m0/s1. The molecule has 3 aromatic rings. The number of nitrogens with two attached hydrogens (primary N) is 1. The zero-order valence-corrected chi connectivity index (χ0v) is 22.1. The second-order valence-electron chi connectivity index (χ2n) is 7.89. The summed E-state index contributed by atoms with van der Waals surface area (Å²) < 4.78 is 35.5. The van der Waals surface area contributed by atoms with Crippen molar-refractivity contribution >= 4 is 46.3 Å². The lowest BCUT2D eigenvalue weighted by atomic mass is 10.1. The lowest BCUT2D eigenvalue weighted by Crippen LogP contribution is -2.43. The number of carbonyl (C=O) groups excluding carboxylic acids is 1. The maximum Gasteiger partial charge on any atom is 0.411 e. The summed E-state index contributed by atoms with van der Waals surface area (Å²) in [6.45, 7) is 2.23. The summed E-state index contributed by atoms with van der Waals surface area (Å²) >= 11 is 6.89. The van der Waals surface area contributed by atoms with Gasteiger partial charge in [-0.2, -0.15) is 0 Å². The number of ether oxygens (including phenoxy) is 6. The maximum atomic E-state index is 11.5. The van der Waals surface area contributed by atoms with Gasteiger partial charge in [0.05, 0.1) is 12.1 Å². The topological polar surface area (TPSA) is 142 Å². The molecular formula is C23H27N5O7S2. The molecule has 1 saturated heterocycles. The minimum absolute atomic E-state index is 0.0302. The van der Waals surface area contributed by atoms with Crippen LogP contribution in [-0.2, 0) is 18.9 Å². The molecule has 1 aliphatic heterocycles. The molecule has 1 fully saturated rings. The van der Waals surface area contributed by atoms with E-state index in [1.165, 1.54) is 26.0 Å². The van der Waals surface area contributed by atoms with Crippen LogP contribution in [0.3, 0.4) is 0 Å². The van der Waals surface area contributed by atoms with Gasteiger partial charge in [-0.15, -0.1) is 16.9 Å². The number of primary amides is 1. The van der Waals surface area contributed by atoms with E-state index in [9.17, 15) is 4.79 Å². The van der Waals surface area contributed by atoms with Crippen molar-refractivity contribution in [1.82, 2.24) is 20.0 Å². The average Bonchev–Trinajstić information content (AvgIpc) is 3.48. The van der Waals surface area contributed by atoms with E-state index in [0.29, 0.717) is 16.3 Å². The van der Waals surface area contributed by atoms with Crippen LogP contribution in [0.25, 0.3) is 11.0 Å². The number of carbonyl (C=O) groups is 1. The van der Waals surface area contributed by atoms with Gasteiger partial charge < -0.3 is 34.2 Å². The van der Waals surface area contributed by atoms with Gasteiger partial charge in [0, 0.05) is 26.4 Å². The Morgan fingerprint density at radius 3 is 2.70 bits per heavy atom. The van der Waals surface area contributed by atoms with Gasteiger partial charge in [-0.05, 0) is 30.4 Å². The van der Waals surface area contributed by atoms with Crippen LogP contribution < -0.4 is 15.2 Å². The Hall–Kier alpha value is -3.04. The van der Waals surface area contributed by atoms with Crippen LogP contribution in [0.15, 0.2) is 41.4 Å². The lowest BCUT2D eigenvalue weighted by Gasteiger charge is -2.28. The van der Waals surface area contributed by atoms with Crippen molar-refractivity contribution < 1.29 is 33.2 Å². The third-order valence-corrected chi connectivity index (χ3v) is 6.74. The first-order chi connectivity index (χ1) is 17.9. The number of amides is 1. The molecular weight excluding hydrogens is 522 g/mol. The number of nitrogens with zero attached hydrogens (tertiary/aromatic N) is 4. The SMILES string of the molecule is CCCSc1cc2c(nnn2[C@H]2CO[C@@H](C(OC)OC)[C@@H]2OC(=S)Oc2ccccc2)c(OC(N)=O)n1. The van der Waals surface area contributed by atoms with E-state index in [4.69, 9.17) is 46.4 Å². The van der Waals surface area contributed by atoms with Gasteiger partial charge in [0.1, 0.15) is 22.9 Å². The van der Waals surface area contributed by atoms with Crippen molar-refractivity contribution in [2.45, 2.75) is 42.9 Å². The largest absolute Gasteiger partial charge is 0.448 e. The molecule has 3 atom stereocenters. The molecule has 12 nitrogen and oxygen atoms in total. The van der Waals surface area contributed by atoms with E-state index in [-0.39, 0.29) is 23.2 Å². The van der Waals surface area contributed by atoms with Crippen molar-refractivity contribution in [2.75, 3.05) is 26.6 Å². The predicted molar refractivity (Wildman–Crippen MR) is 138 cm³/mol. The number of thioether (sulfide) groups is 1. The molecule has 4 rings (SSSR count). The van der Waals surface area contributed by atoms with Gasteiger partial charge in [0.25, 0.3) is 5.88 Å². The number of hydrogen-bond donors (Lipinski definition) is 1. The highest BCUT2D eigenvalue weighted by atomic mass is 32.2. The Balaban J connectivity index is 1.70. The molecule has 1 aromatic carbocycles. The highest BCUT2D eigenvalue weighted by Gasteiger charge is 2.47. The number of pyridine rings is 1. The highest BCUT2D eigenvalue weighted by molar-refractivity contribution is 7.99. The van der Waals surface area contributed by atoms with E-state index in [1.807, 2.05) is 24.3 Å². The molecule has 198 valence electrons. The number of methoxy groups -OCH3 is 2. The Kier molecular flexibility index (Phi) is 9.10. The lowest BCUT2D eigenvalue weighted by molar-refractivity contribution is -0.184. The molecule has 37 heavy (non-hydrogen) atoms. The van der Waals surface area contributed by atoms with Crippen LogP contribution in [0, 0.1) is 0 Å². The van der Waals surface area contributed by atoms with E-state index in [0.717, 1.165) is 12.2 Å². The number of para-hydroxylation sites is 1. The Labute approximate surface area is 222 Å². The quantitative estimate of drug-likeness (QED) is 0.226. The third-order valence-electron chi connectivity index (χ3n) is 5.44. The summed E-state index contributed by atoms with van der Waals surface area (Å²) in [5, 5.41) is 9.03. The van der Waals surface area contributed by atoms with Crippen molar-refractivity contribution in [1.29, 1.82) is 0 Å². The van der Waals surface area contributed by atoms with Crippen LogP contribution in [0.4, 0.5) is 4.79 Å². The summed E-state index contributed by atoms with van der Waals surface area (Å²) in [6, 6.07) is 10.3. The van der Waals surface area contributed by atoms with E-state index < -0.39 is 30.6 Å². The number of fused-ring (bicyclic) bond motifs is 1. The van der Waals surface area contributed by atoms with E-state index >= 15 is 0 Å². The number of hydrogen-bond acceptors (Lipinski definition) is 12. The molecule has 0 radical (unpaired) electrons. The molecule has 2 aromatic heterocycles. The molecule has 0 spiro atoms. The fraction of sp³-hybridized carbons (Fsp3) is 0.435. The van der Waals surface area contributed by atoms with E-state index in [1.54, 1.807) is 16.8 Å². The first-order valence-corrected chi connectivity index (χ1v) is 12.8. The van der Waals surface area contributed by atoms with Gasteiger partial charge >= 0.3 is 11.3 Å². The molecule has 3 heterocycles. The fourth-order valence-corrected chi connectivity index (χ4v) is 4.84. The molecule has 0 bridgehead atoms. The first kappa shape index (κ1) is 27.0. The monoisotopic (exact) mass is 549 g/mol. The first-order valence-electron chi connectivity index (χ1n) is 11.4. The fourth-order valence-electron chi connectivity index (χ4n) is 3.87. The minimum atomic E-state index is -1.00. The second kappa shape index (κ2) is 12.5. The Morgan fingerprint density at radius 1 is 1.27 bits per heavy atom. The molecule has 0 saturated carbocycles. The summed E-state index contributed by atoms with van der Waals surface area (Å²) in [5.41, 5.74) is 6.07. The van der Waals surface area contributed by atoms with Gasteiger partial charge in [0.15, 0.2) is 17.9 Å². The van der Waals surface area contributed by atoms with Crippen LogP contribution in [0.5, 0.6) is 11.6 Å². The van der Waals surface area contributed by atoms with Gasteiger partial charge in [-0.1, -0.05) is 30.3 Å². The van der Waals surface area contributed by atoms with Crippen molar-refractivity contribution in [3.05, 3.63) is 36.4 Å². The van der Waals surface area contributed by atoms with Crippen LogP contribution in [0.2, 0.25) is 0 Å². The number of rotatable bonds is 10.